The molecule has 3 rings (SSSR count). The Labute approximate surface area is 147 Å². The fourth-order valence-corrected chi connectivity index (χ4v) is 2.78. The molecule has 0 saturated heterocycles. The molecule has 0 aromatic heterocycles. The van der Waals surface area contributed by atoms with Crippen molar-refractivity contribution in [2.45, 2.75) is 6.54 Å². The van der Waals surface area contributed by atoms with E-state index in [4.69, 9.17) is 21.1 Å². The topological polar surface area (TPSA) is 30.5 Å². The first kappa shape index (κ1) is 16.6. The molecule has 3 aromatic carbocycles. The molecule has 24 heavy (non-hydrogen) atoms. The maximum atomic E-state index is 5.95. The Hall–Kier alpha value is -2.23. The van der Waals surface area contributed by atoms with Gasteiger partial charge in [0.1, 0.15) is 24.7 Å². The van der Waals surface area contributed by atoms with Gasteiger partial charge in [-0.15, -0.1) is 0 Å². The van der Waals surface area contributed by atoms with Crippen LogP contribution >= 0.6 is 11.6 Å². The van der Waals surface area contributed by atoms with Gasteiger partial charge >= 0.3 is 0 Å². The van der Waals surface area contributed by atoms with E-state index in [0.29, 0.717) is 18.2 Å². The van der Waals surface area contributed by atoms with Crippen LogP contribution in [-0.2, 0) is 6.54 Å². The zero-order valence-corrected chi connectivity index (χ0v) is 14.3. The second kappa shape index (κ2) is 8.04. The Bertz CT molecular complexity index is 802. The van der Waals surface area contributed by atoms with Crippen molar-refractivity contribution < 1.29 is 9.47 Å². The first-order valence-corrected chi connectivity index (χ1v) is 8.32. The van der Waals surface area contributed by atoms with Crippen LogP contribution in [0.4, 0.5) is 0 Å². The zero-order valence-electron chi connectivity index (χ0n) is 13.6. The molecule has 0 atom stereocenters. The number of nitrogens with one attached hydrogen (secondary N) is 1. The maximum Gasteiger partial charge on any atom is 0.124 e. The number of halogens is 1. The minimum atomic E-state index is 0.480. The summed E-state index contributed by atoms with van der Waals surface area (Å²) >= 11 is 5.86. The largest absolute Gasteiger partial charge is 0.490 e. The van der Waals surface area contributed by atoms with E-state index in [1.807, 2.05) is 43.4 Å². The van der Waals surface area contributed by atoms with Crippen LogP contribution < -0.4 is 14.8 Å². The molecule has 3 nitrogen and oxygen atoms in total. The average molecular weight is 342 g/mol. The number of hydrogen-bond acceptors (Lipinski definition) is 3. The highest BCUT2D eigenvalue weighted by molar-refractivity contribution is 6.30. The third-order valence-electron chi connectivity index (χ3n) is 3.77. The Balaban J connectivity index is 1.66. The monoisotopic (exact) mass is 341 g/mol. The van der Waals surface area contributed by atoms with Crippen LogP contribution in [0.25, 0.3) is 10.8 Å². The Morgan fingerprint density at radius 2 is 1.62 bits per heavy atom. The van der Waals surface area contributed by atoms with Crippen LogP contribution in [0.5, 0.6) is 11.5 Å². The second-order valence-corrected chi connectivity index (χ2v) is 5.88. The molecule has 3 aromatic rings. The highest BCUT2D eigenvalue weighted by Gasteiger charge is 2.08. The van der Waals surface area contributed by atoms with Gasteiger partial charge in [0.25, 0.3) is 0 Å². The Morgan fingerprint density at radius 1 is 0.875 bits per heavy atom. The van der Waals surface area contributed by atoms with Crippen LogP contribution in [0.2, 0.25) is 5.02 Å². The summed E-state index contributed by atoms with van der Waals surface area (Å²) in [5.74, 6) is 1.68. The van der Waals surface area contributed by atoms with E-state index in [2.05, 4.69) is 29.6 Å². The van der Waals surface area contributed by atoms with Gasteiger partial charge in [0, 0.05) is 17.1 Å². The van der Waals surface area contributed by atoms with Crippen LogP contribution in [0.15, 0.2) is 60.7 Å². The minimum Gasteiger partial charge on any atom is -0.490 e. The van der Waals surface area contributed by atoms with Crippen molar-refractivity contribution in [2.24, 2.45) is 0 Å². The summed E-state index contributed by atoms with van der Waals surface area (Å²) in [4.78, 5) is 0. The molecule has 0 aliphatic rings. The van der Waals surface area contributed by atoms with Crippen molar-refractivity contribution >= 4 is 22.4 Å². The molecule has 0 radical (unpaired) electrons. The lowest BCUT2D eigenvalue weighted by Crippen LogP contribution is -2.12. The van der Waals surface area contributed by atoms with Crippen LogP contribution in [0, 0.1) is 0 Å². The second-order valence-electron chi connectivity index (χ2n) is 5.44. The summed E-state index contributed by atoms with van der Waals surface area (Å²) in [5, 5.41) is 6.34. The minimum absolute atomic E-state index is 0.480. The van der Waals surface area contributed by atoms with Gasteiger partial charge in [0.2, 0.25) is 0 Å². The number of rotatable bonds is 7. The Kier molecular flexibility index (Phi) is 5.57. The summed E-state index contributed by atoms with van der Waals surface area (Å²) in [6, 6.07) is 19.8. The maximum absolute atomic E-state index is 5.95. The van der Waals surface area contributed by atoms with E-state index in [1.54, 1.807) is 0 Å². The van der Waals surface area contributed by atoms with Crippen LogP contribution in [0.1, 0.15) is 5.56 Å². The number of fused-ring (bicyclic) bond motifs is 1. The predicted molar refractivity (Wildman–Crippen MR) is 99.2 cm³/mol. The number of hydrogen-bond donors (Lipinski definition) is 1. The summed E-state index contributed by atoms with van der Waals surface area (Å²) in [5.41, 5.74) is 1.17. The lowest BCUT2D eigenvalue weighted by atomic mass is 10.0. The molecular weight excluding hydrogens is 322 g/mol. The van der Waals surface area contributed by atoms with Crippen molar-refractivity contribution in [1.29, 1.82) is 0 Å². The van der Waals surface area contributed by atoms with E-state index in [-0.39, 0.29) is 0 Å². The molecule has 0 amide bonds. The van der Waals surface area contributed by atoms with Crippen molar-refractivity contribution in [2.75, 3.05) is 20.3 Å². The van der Waals surface area contributed by atoms with E-state index < -0.39 is 0 Å². The van der Waals surface area contributed by atoms with Gasteiger partial charge in [-0.2, -0.15) is 0 Å². The molecular formula is C20H20ClNO2. The van der Waals surface area contributed by atoms with E-state index in [1.165, 1.54) is 16.3 Å². The SMILES string of the molecule is CNCc1c(OCCOc2ccc(Cl)cc2)ccc2ccccc12. The van der Waals surface area contributed by atoms with Crippen molar-refractivity contribution in [3.05, 3.63) is 71.2 Å². The van der Waals surface area contributed by atoms with E-state index in [0.717, 1.165) is 18.0 Å². The van der Waals surface area contributed by atoms with Gasteiger partial charge < -0.3 is 14.8 Å². The third-order valence-corrected chi connectivity index (χ3v) is 4.03. The Morgan fingerprint density at radius 3 is 2.42 bits per heavy atom. The van der Waals surface area contributed by atoms with Crippen molar-refractivity contribution in [1.82, 2.24) is 5.32 Å². The first-order valence-electron chi connectivity index (χ1n) is 7.94. The molecule has 124 valence electrons. The molecule has 4 heteroatoms. The quantitative estimate of drug-likeness (QED) is 0.633. The summed E-state index contributed by atoms with van der Waals surface area (Å²) in [6.07, 6.45) is 0. The van der Waals surface area contributed by atoms with Crippen LogP contribution in [0.3, 0.4) is 0 Å². The smallest absolute Gasteiger partial charge is 0.124 e. The van der Waals surface area contributed by atoms with Crippen molar-refractivity contribution in [3.63, 3.8) is 0 Å². The number of benzene rings is 3. The lowest BCUT2D eigenvalue weighted by Gasteiger charge is -2.14. The van der Waals surface area contributed by atoms with E-state index in [9.17, 15) is 0 Å². The molecule has 0 saturated carbocycles. The number of ether oxygens (including phenoxy) is 2. The molecule has 1 N–H and O–H groups in total. The molecule has 0 unspecified atom stereocenters. The van der Waals surface area contributed by atoms with Crippen LogP contribution in [-0.4, -0.2) is 20.3 Å². The van der Waals surface area contributed by atoms with Gasteiger partial charge in [-0.3, -0.25) is 0 Å². The highest BCUT2D eigenvalue weighted by Crippen LogP contribution is 2.28. The van der Waals surface area contributed by atoms with Gasteiger partial charge in [-0.05, 0) is 48.2 Å². The fraction of sp³-hybridized carbons (Fsp3) is 0.200. The zero-order chi connectivity index (χ0) is 16.8. The van der Waals surface area contributed by atoms with Gasteiger partial charge in [0.15, 0.2) is 0 Å². The molecule has 0 fully saturated rings. The van der Waals surface area contributed by atoms with Gasteiger partial charge in [0.05, 0.1) is 0 Å². The summed E-state index contributed by atoms with van der Waals surface area (Å²) in [7, 11) is 1.94. The highest BCUT2D eigenvalue weighted by atomic mass is 35.5. The fourth-order valence-electron chi connectivity index (χ4n) is 2.65. The first-order chi connectivity index (χ1) is 11.8. The van der Waals surface area contributed by atoms with Gasteiger partial charge in [-0.1, -0.05) is 41.9 Å². The molecule has 0 aliphatic heterocycles. The summed E-state index contributed by atoms with van der Waals surface area (Å²) < 4.78 is 11.6. The standard InChI is InChI=1S/C20H20ClNO2/c1-22-14-19-18-5-3-2-4-15(18)6-11-20(19)24-13-12-23-17-9-7-16(21)8-10-17/h2-11,22H,12-14H2,1H3. The van der Waals surface area contributed by atoms with Gasteiger partial charge in [-0.25, -0.2) is 0 Å². The van der Waals surface area contributed by atoms with E-state index >= 15 is 0 Å². The lowest BCUT2D eigenvalue weighted by molar-refractivity contribution is 0.216. The average Bonchev–Trinajstić information content (AvgIpc) is 2.62. The summed E-state index contributed by atoms with van der Waals surface area (Å²) in [6.45, 7) is 1.72. The molecule has 0 bridgehead atoms. The molecule has 0 spiro atoms. The molecule has 0 aliphatic carbocycles. The molecule has 0 heterocycles. The predicted octanol–water partition coefficient (Wildman–Crippen LogP) is 4.67. The normalized spacial score (nSPS) is 10.8. The third kappa shape index (κ3) is 3.99. The van der Waals surface area contributed by atoms with Crippen molar-refractivity contribution in [3.8, 4) is 11.5 Å².